The molecule has 0 atom stereocenters. The van der Waals surface area contributed by atoms with Gasteiger partial charge in [0.1, 0.15) is 11.2 Å². The fourth-order valence-corrected chi connectivity index (χ4v) is 8.55. The SMILES string of the molecule is c1cc(-c2ccc(N(c3ccc(-c4cccc5ccccc45)cc3)c3ccccc3-c3ccc4oc5ccccc5c4c3)cc2)cc(-c2ccc3ccccc3c2)c1. The van der Waals surface area contributed by atoms with E-state index in [-0.39, 0.29) is 0 Å². The van der Waals surface area contributed by atoms with Crippen LogP contribution in [0.2, 0.25) is 0 Å². The first-order valence-corrected chi connectivity index (χ1v) is 19.8. The van der Waals surface area contributed by atoms with Crippen molar-refractivity contribution < 1.29 is 4.42 Å². The summed E-state index contributed by atoms with van der Waals surface area (Å²) >= 11 is 0. The molecule has 1 heterocycles. The lowest BCUT2D eigenvalue weighted by atomic mass is 9.96. The van der Waals surface area contributed by atoms with Crippen LogP contribution < -0.4 is 4.90 Å². The number of nitrogens with zero attached hydrogens (tertiary/aromatic N) is 1. The summed E-state index contributed by atoms with van der Waals surface area (Å²) in [6, 6.07) is 80.8. The minimum atomic E-state index is 0.892. The van der Waals surface area contributed by atoms with Gasteiger partial charge in [0, 0.05) is 27.7 Å². The summed E-state index contributed by atoms with van der Waals surface area (Å²) in [5, 5.41) is 7.23. The summed E-state index contributed by atoms with van der Waals surface area (Å²) in [5.41, 5.74) is 14.5. The van der Waals surface area contributed by atoms with E-state index in [1.54, 1.807) is 0 Å². The molecule has 0 spiro atoms. The van der Waals surface area contributed by atoms with E-state index in [0.29, 0.717) is 0 Å². The topological polar surface area (TPSA) is 16.4 Å². The Morgan fingerprint density at radius 3 is 1.66 bits per heavy atom. The Labute approximate surface area is 337 Å². The van der Waals surface area contributed by atoms with Crippen LogP contribution in [0.5, 0.6) is 0 Å². The zero-order valence-electron chi connectivity index (χ0n) is 31.7. The van der Waals surface area contributed by atoms with Crippen molar-refractivity contribution >= 4 is 60.5 Å². The smallest absolute Gasteiger partial charge is 0.135 e. The first-order valence-electron chi connectivity index (χ1n) is 19.8. The molecule has 0 N–H and O–H groups in total. The van der Waals surface area contributed by atoms with E-state index in [4.69, 9.17) is 4.42 Å². The second-order valence-electron chi connectivity index (χ2n) is 14.9. The Bertz CT molecular complexity index is 3280. The van der Waals surface area contributed by atoms with Gasteiger partial charge in [-0.1, -0.05) is 164 Å². The molecular formula is C56H37NO. The van der Waals surface area contributed by atoms with Gasteiger partial charge >= 0.3 is 0 Å². The monoisotopic (exact) mass is 739 g/mol. The number of rotatable bonds is 7. The summed E-state index contributed by atoms with van der Waals surface area (Å²) in [6.07, 6.45) is 0. The molecule has 0 aliphatic rings. The highest BCUT2D eigenvalue weighted by Crippen LogP contribution is 2.43. The van der Waals surface area contributed by atoms with Crippen molar-refractivity contribution in [3.05, 3.63) is 224 Å². The third-order valence-electron chi connectivity index (χ3n) is 11.5. The summed E-state index contributed by atoms with van der Waals surface area (Å²) in [4.78, 5) is 2.38. The van der Waals surface area contributed by atoms with E-state index in [1.165, 1.54) is 54.9 Å². The summed E-state index contributed by atoms with van der Waals surface area (Å²) in [6.45, 7) is 0. The lowest BCUT2D eigenvalue weighted by Gasteiger charge is -2.28. The number of fused-ring (bicyclic) bond motifs is 5. The van der Waals surface area contributed by atoms with E-state index >= 15 is 0 Å². The van der Waals surface area contributed by atoms with E-state index in [2.05, 4.69) is 217 Å². The third kappa shape index (κ3) is 6.00. The van der Waals surface area contributed by atoms with Gasteiger partial charge in [0.05, 0.1) is 5.69 Å². The standard InChI is InChI=1S/C56H37NO/c1-2-13-42-36-45(24-23-38(42)11-1)44-16-9-15-43(35-44)39-25-30-47(31-26-39)57(48-32-27-41(28-33-48)50-20-10-14-40-12-3-4-17-49(40)50)54-21-7-5-18-51(54)46-29-34-56-53(37-46)52-19-6-8-22-55(52)58-56/h1-37H. The molecule has 0 unspecified atom stereocenters. The molecule has 0 saturated carbocycles. The van der Waals surface area contributed by atoms with Gasteiger partial charge in [0.25, 0.3) is 0 Å². The number of anilines is 3. The maximum atomic E-state index is 6.22. The summed E-state index contributed by atoms with van der Waals surface area (Å²) in [5.74, 6) is 0. The molecule has 10 aromatic carbocycles. The Morgan fingerprint density at radius 2 is 0.828 bits per heavy atom. The van der Waals surface area contributed by atoms with E-state index in [9.17, 15) is 0 Å². The lowest BCUT2D eigenvalue weighted by Crippen LogP contribution is -2.11. The molecule has 2 nitrogen and oxygen atoms in total. The van der Waals surface area contributed by atoms with Crippen LogP contribution in [0.25, 0.3) is 88.0 Å². The second-order valence-corrected chi connectivity index (χ2v) is 14.9. The molecule has 0 aliphatic carbocycles. The van der Waals surface area contributed by atoms with Gasteiger partial charge in [-0.2, -0.15) is 0 Å². The third-order valence-corrected chi connectivity index (χ3v) is 11.5. The van der Waals surface area contributed by atoms with Crippen LogP contribution in [0.15, 0.2) is 229 Å². The normalized spacial score (nSPS) is 11.4. The molecular weight excluding hydrogens is 703 g/mol. The number of hydrogen-bond donors (Lipinski definition) is 0. The predicted molar refractivity (Wildman–Crippen MR) is 245 cm³/mol. The largest absolute Gasteiger partial charge is 0.456 e. The van der Waals surface area contributed by atoms with E-state index in [1.807, 2.05) is 12.1 Å². The zero-order chi connectivity index (χ0) is 38.4. The molecule has 1 aromatic heterocycles. The van der Waals surface area contributed by atoms with Gasteiger partial charge in [-0.05, 0) is 121 Å². The van der Waals surface area contributed by atoms with Gasteiger partial charge < -0.3 is 9.32 Å². The number of para-hydroxylation sites is 2. The molecule has 11 aromatic rings. The molecule has 0 bridgehead atoms. The van der Waals surface area contributed by atoms with Crippen molar-refractivity contribution in [3.63, 3.8) is 0 Å². The molecule has 0 fully saturated rings. The second kappa shape index (κ2) is 14.1. The Morgan fingerprint density at radius 1 is 0.276 bits per heavy atom. The fourth-order valence-electron chi connectivity index (χ4n) is 8.55. The van der Waals surface area contributed by atoms with Crippen molar-refractivity contribution in [1.29, 1.82) is 0 Å². The van der Waals surface area contributed by atoms with Crippen molar-refractivity contribution in [2.75, 3.05) is 4.90 Å². The maximum Gasteiger partial charge on any atom is 0.135 e. The van der Waals surface area contributed by atoms with Crippen LogP contribution in [-0.4, -0.2) is 0 Å². The van der Waals surface area contributed by atoms with E-state index in [0.717, 1.165) is 50.1 Å². The Kier molecular flexibility index (Phi) is 8.19. The minimum Gasteiger partial charge on any atom is -0.456 e. The Hall–Kier alpha value is -7.68. The summed E-state index contributed by atoms with van der Waals surface area (Å²) < 4.78 is 6.22. The average Bonchev–Trinajstić information content (AvgIpc) is 3.67. The highest BCUT2D eigenvalue weighted by molar-refractivity contribution is 6.07. The van der Waals surface area contributed by atoms with Crippen molar-refractivity contribution in [3.8, 4) is 44.5 Å². The van der Waals surface area contributed by atoms with Gasteiger partial charge in [0.15, 0.2) is 0 Å². The predicted octanol–water partition coefficient (Wildman–Crippen LogP) is 16.0. The van der Waals surface area contributed by atoms with E-state index < -0.39 is 0 Å². The van der Waals surface area contributed by atoms with Crippen LogP contribution in [0.3, 0.4) is 0 Å². The van der Waals surface area contributed by atoms with Crippen molar-refractivity contribution in [2.24, 2.45) is 0 Å². The number of hydrogen-bond acceptors (Lipinski definition) is 2. The molecule has 0 saturated heterocycles. The summed E-state index contributed by atoms with van der Waals surface area (Å²) in [7, 11) is 0. The zero-order valence-corrected chi connectivity index (χ0v) is 31.7. The van der Waals surface area contributed by atoms with Crippen molar-refractivity contribution in [1.82, 2.24) is 0 Å². The molecule has 11 rings (SSSR count). The van der Waals surface area contributed by atoms with Crippen LogP contribution in [0.4, 0.5) is 17.1 Å². The van der Waals surface area contributed by atoms with Gasteiger partial charge in [-0.25, -0.2) is 0 Å². The number of furan rings is 1. The van der Waals surface area contributed by atoms with Gasteiger partial charge in [-0.15, -0.1) is 0 Å². The highest BCUT2D eigenvalue weighted by Gasteiger charge is 2.19. The molecule has 0 radical (unpaired) electrons. The van der Waals surface area contributed by atoms with Gasteiger partial charge in [0.2, 0.25) is 0 Å². The fraction of sp³-hybridized carbons (Fsp3) is 0. The van der Waals surface area contributed by atoms with Crippen LogP contribution in [-0.2, 0) is 0 Å². The van der Waals surface area contributed by atoms with Crippen LogP contribution >= 0.6 is 0 Å². The number of benzene rings is 10. The first-order chi connectivity index (χ1) is 28.7. The molecule has 0 amide bonds. The highest BCUT2D eigenvalue weighted by atomic mass is 16.3. The molecule has 2 heteroatoms. The van der Waals surface area contributed by atoms with Crippen LogP contribution in [0.1, 0.15) is 0 Å². The molecule has 58 heavy (non-hydrogen) atoms. The van der Waals surface area contributed by atoms with Gasteiger partial charge in [-0.3, -0.25) is 0 Å². The van der Waals surface area contributed by atoms with Crippen LogP contribution in [0, 0.1) is 0 Å². The quantitative estimate of drug-likeness (QED) is 0.162. The average molecular weight is 740 g/mol. The lowest BCUT2D eigenvalue weighted by molar-refractivity contribution is 0.669. The molecule has 272 valence electrons. The molecule has 0 aliphatic heterocycles. The Balaban J connectivity index is 1.01. The van der Waals surface area contributed by atoms with Crippen molar-refractivity contribution in [2.45, 2.75) is 0 Å². The maximum absolute atomic E-state index is 6.22. The first kappa shape index (κ1) is 33.6. The minimum absolute atomic E-state index is 0.892.